The van der Waals surface area contributed by atoms with Gasteiger partial charge in [0.05, 0.1) is 35.3 Å². The second-order valence-electron chi connectivity index (χ2n) is 4.81. The number of hydrogen-bond acceptors (Lipinski definition) is 4. The van der Waals surface area contributed by atoms with E-state index in [1.165, 1.54) is 0 Å². The van der Waals surface area contributed by atoms with Crippen LogP contribution in [0.3, 0.4) is 0 Å². The molecule has 3 aromatic rings. The maximum atomic E-state index is 12.0. The number of fused-ring (bicyclic) bond motifs is 1. The van der Waals surface area contributed by atoms with Crippen LogP contribution in [0.4, 0.5) is 11.4 Å². The number of ether oxygens (including phenoxy) is 1. The van der Waals surface area contributed by atoms with Crippen molar-refractivity contribution in [2.45, 2.75) is 6.92 Å². The Labute approximate surface area is 128 Å². The van der Waals surface area contributed by atoms with Gasteiger partial charge in [0.2, 0.25) is 0 Å². The third kappa shape index (κ3) is 2.91. The van der Waals surface area contributed by atoms with Crippen LogP contribution in [0.1, 0.15) is 17.3 Å². The Kier molecular flexibility index (Phi) is 4.01. The Morgan fingerprint density at radius 3 is 2.77 bits per heavy atom. The number of anilines is 2. The molecule has 0 spiro atoms. The Bertz CT molecular complexity index is 815. The van der Waals surface area contributed by atoms with Crippen LogP contribution in [0, 0.1) is 0 Å². The average molecular weight is 292 g/mol. The molecule has 0 bridgehead atoms. The predicted octanol–water partition coefficient (Wildman–Crippen LogP) is 4.16. The zero-order chi connectivity index (χ0) is 15.4. The highest BCUT2D eigenvalue weighted by Crippen LogP contribution is 2.23. The van der Waals surface area contributed by atoms with Gasteiger partial charge in [0, 0.05) is 5.39 Å². The molecule has 2 aromatic carbocycles. The highest BCUT2D eigenvalue weighted by Gasteiger charge is 2.12. The van der Waals surface area contributed by atoms with Crippen molar-refractivity contribution in [1.82, 2.24) is 4.98 Å². The molecule has 0 aliphatic rings. The molecule has 22 heavy (non-hydrogen) atoms. The fraction of sp³-hybridized carbons (Fsp3) is 0.111. The maximum Gasteiger partial charge on any atom is 0.340 e. The summed E-state index contributed by atoms with van der Waals surface area (Å²) in [6, 6.07) is 17.2. The lowest BCUT2D eigenvalue weighted by Gasteiger charge is -2.11. The lowest BCUT2D eigenvalue weighted by atomic mass is 10.1. The summed E-state index contributed by atoms with van der Waals surface area (Å²) in [5.41, 5.74) is 2.98. The first-order valence-electron chi connectivity index (χ1n) is 7.16. The van der Waals surface area contributed by atoms with Gasteiger partial charge in [-0.05, 0) is 31.2 Å². The number of esters is 1. The second-order valence-corrected chi connectivity index (χ2v) is 4.81. The molecule has 0 saturated heterocycles. The van der Waals surface area contributed by atoms with Crippen molar-refractivity contribution in [3.8, 4) is 0 Å². The van der Waals surface area contributed by atoms with E-state index in [0.29, 0.717) is 17.9 Å². The summed E-state index contributed by atoms with van der Waals surface area (Å²) in [5, 5.41) is 4.28. The molecule has 0 fully saturated rings. The highest BCUT2D eigenvalue weighted by atomic mass is 16.5. The molecule has 3 rings (SSSR count). The summed E-state index contributed by atoms with van der Waals surface area (Å²) in [6.07, 6.45) is 1.75. The molecule has 0 saturated carbocycles. The number of benzene rings is 2. The van der Waals surface area contributed by atoms with Crippen molar-refractivity contribution in [2.24, 2.45) is 0 Å². The van der Waals surface area contributed by atoms with Crippen molar-refractivity contribution < 1.29 is 9.53 Å². The molecule has 0 unspecified atom stereocenters. The van der Waals surface area contributed by atoms with Gasteiger partial charge >= 0.3 is 5.97 Å². The van der Waals surface area contributed by atoms with Crippen LogP contribution in [-0.2, 0) is 4.74 Å². The van der Waals surface area contributed by atoms with E-state index in [9.17, 15) is 4.79 Å². The van der Waals surface area contributed by atoms with Gasteiger partial charge in [0.15, 0.2) is 0 Å². The smallest absolute Gasteiger partial charge is 0.340 e. The summed E-state index contributed by atoms with van der Waals surface area (Å²) in [6.45, 7) is 2.14. The quantitative estimate of drug-likeness (QED) is 0.734. The van der Waals surface area contributed by atoms with Crippen LogP contribution >= 0.6 is 0 Å². The van der Waals surface area contributed by atoms with E-state index in [1.54, 1.807) is 19.2 Å². The van der Waals surface area contributed by atoms with Gasteiger partial charge in [-0.1, -0.05) is 30.3 Å². The van der Waals surface area contributed by atoms with Crippen LogP contribution in [0.2, 0.25) is 0 Å². The van der Waals surface area contributed by atoms with E-state index >= 15 is 0 Å². The summed E-state index contributed by atoms with van der Waals surface area (Å²) >= 11 is 0. The molecular weight excluding hydrogens is 276 g/mol. The average Bonchev–Trinajstić information content (AvgIpc) is 2.55. The van der Waals surface area contributed by atoms with Crippen molar-refractivity contribution in [3.05, 3.63) is 66.4 Å². The van der Waals surface area contributed by atoms with E-state index in [-0.39, 0.29) is 5.97 Å². The third-order valence-electron chi connectivity index (χ3n) is 3.29. The monoisotopic (exact) mass is 292 g/mol. The molecule has 0 radical (unpaired) electrons. The van der Waals surface area contributed by atoms with E-state index in [1.807, 2.05) is 48.5 Å². The fourth-order valence-corrected chi connectivity index (χ4v) is 2.27. The number of carbonyl (C=O) groups is 1. The summed E-state index contributed by atoms with van der Waals surface area (Å²) in [4.78, 5) is 16.4. The molecule has 1 heterocycles. The molecule has 4 nitrogen and oxygen atoms in total. The summed E-state index contributed by atoms with van der Waals surface area (Å²) in [7, 11) is 0. The lowest BCUT2D eigenvalue weighted by Crippen LogP contribution is -2.07. The van der Waals surface area contributed by atoms with Crippen molar-refractivity contribution in [1.29, 1.82) is 0 Å². The highest BCUT2D eigenvalue weighted by molar-refractivity contribution is 5.96. The Hall–Kier alpha value is -2.88. The van der Waals surface area contributed by atoms with Gasteiger partial charge in [-0.3, -0.25) is 4.98 Å². The van der Waals surface area contributed by atoms with Gasteiger partial charge in [-0.2, -0.15) is 0 Å². The number of carbonyl (C=O) groups excluding carboxylic acids is 1. The van der Waals surface area contributed by atoms with Crippen LogP contribution < -0.4 is 5.32 Å². The summed E-state index contributed by atoms with van der Waals surface area (Å²) in [5.74, 6) is -0.334. The minimum absolute atomic E-state index is 0.334. The molecule has 4 heteroatoms. The van der Waals surface area contributed by atoms with Crippen molar-refractivity contribution in [3.63, 3.8) is 0 Å². The number of nitrogens with zero attached hydrogens (tertiary/aromatic N) is 1. The van der Waals surface area contributed by atoms with Crippen molar-refractivity contribution >= 4 is 28.2 Å². The van der Waals surface area contributed by atoms with E-state index < -0.39 is 0 Å². The number of rotatable bonds is 4. The van der Waals surface area contributed by atoms with Crippen LogP contribution in [0.15, 0.2) is 60.8 Å². The Morgan fingerprint density at radius 2 is 1.91 bits per heavy atom. The van der Waals surface area contributed by atoms with Crippen LogP contribution in [-0.4, -0.2) is 17.6 Å². The molecule has 110 valence electrons. The number of pyridine rings is 1. The lowest BCUT2D eigenvalue weighted by molar-refractivity contribution is 0.0527. The van der Waals surface area contributed by atoms with Crippen LogP contribution in [0.5, 0.6) is 0 Å². The first kappa shape index (κ1) is 14.1. The van der Waals surface area contributed by atoms with E-state index in [2.05, 4.69) is 10.3 Å². The van der Waals surface area contributed by atoms with E-state index in [0.717, 1.165) is 16.6 Å². The number of para-hydroxylation sites is 2. The van der Waals surface area contributed by atoms with Crippen molar-refractivity contribution in [2.75, 3.05) is 11.9 Å². The zero-order valence-electron chi connectivity index (χ0n) is 12.2. The zero-order valence-corrected chi connectivity index (χ0v) is 12.2. The second kappa shape index (κ2) is 6.26. The largest absolute Gasteiger partial charge is 0.462 e. The maximum absolute atomic E-state index is 12.0. The van der Waals surface area contributed by atoms with Gasteiger partial charge in [0.25, 0.3) is 0 Å². The molecule has 0 aliphatic carbocycles. The number of nitrogens with one attached hydrogen (secondary N) is 1. The third-order valence-corrected chi connectivity index (χ3v) is 3.29. The van der Waals surface area contributed by atoms with Gasteiger partial charge < -0.3 is 10.1 Å². The van der Waals surface area contributed by atoms with Gasteiger partial charge in [-0.25, -0.2) is 4.79 Å². The molecular formula is C18H16N2O2. The molecule has 0 atom stereocenters. The van der Waals surface area contributed by atoms with Crippen LogP contribution in [0.25, 0.3) is 10.9 Å². The minimum Gasteiger partial charge on any atom is -0.462 e. The number of aromatic nitrogens is 1. The first-order chi connectivity index (χ1) is 10.8. The SMILES string of the molecule is CCOC(=O)c1ccccc1Nc1cnc2ccccc2c1. The number of hydrogen-bond donors (Lipinski definition) is 1. The molecule has 0 aliphatic heterocycles. The Morgan fingerprint density at radius 1 is 1.14 bits per heavy atom. The minimum atomic E-state index is -0.334. The van der Waals surface area contributed by atoms with E-state index in [4.69, 9.17) is 4.74 Å². The van der Waals surface area contributed by atoms with Gasteiger partial charge in [-0.15, -0.1) is 0 Å². The molecule has 1 N–H and O–H groups in total. The predicted molar refractivity (Wildman–Crippen MR) is 87.4 cm³/mol. The van der Waals surface area contributed by atoms with Gasteiger partial charge in [0.1, 0.15) is 0 Å². The Balaban J connectivity index is 1.93. The first-order valence-corrected chi connectivity index (χ1v) is 7.16. The topological polar surface area (TPSA) is 51.2 Å². The summed E-state index contributed by atoms with van der Waals surface area (Å²) < 4.78 is 5.08. The molecule has 0 amide bonds. The standard InChI is InChI=1S/C18H16N2O2/c1-2-22-18(21)15-8-4-6-10-17(15)20-14-11-13-7-3-5-9-16(13)19-12-14/h3-12,20H,2H2,1H3. The molecule has 1 aromatic heterocycles. The fourth-order valence-electron chi connectivity index (χ4n) is 2.27. The normalized spacial score (nSPS) is 10.4.